The van der Waals surface area contributed by atoms with Gasteiger partial charge in [-0.15, -0.1) is 0 Å². The Labute approximate surface area is 155 Å². The molecule has 0 radical (unpaired) electrons. The van der Waals surface area contributed by atoms with E-state index in [2.05, 4.69) is 5.32 Å². The van der Waals surface area contributed by atoms with E-state index >= 15 is 0 Å². The first-order valence-electron chi connectivity index (χ1n) is 8.48. The predicted molar refractivity (Wildman–Crippen MR) is 96.9 cm³/mol. The Morgan fingerprint density at radius 2 is 1.78 bits per heavy atom. The maximum absolute atomic E-state index is 12.2. The van der Waals surface area contributed by atoms with E-state index in [1.54, 1.807) is 24.3 Å². The second-order valence-corrected chi connectivity index (χ2v) is 5.98. The first-order valence-corrected chi connectivity index (χ1v) is 8.48. The number of carbonyl (C=O) groups is 2. The van der Waals surface area contributed by atoms with Gasteiger partial charge in [0.2, 0.25) is 0 Å². The van der Waals surface area contributed by atoms with Gasteiger partial charge in [0.1, 0.15) is 25.6 Å². The van der Waals surface area contributed by atoms with Crippen LogP contribution in [0.25, 0.3) is 6.08 Å². The summed E-state index contributed by atoms with van der Waals surface area (Å²) in [6.45, 7) is 0.674. The monoisotopic (exact) mass is 367 g/mol. The highest BCUT2D eigenvalue weighted by molar-refractivity contribution is 5.98. The van der Waals surface area contributed by atoms with Gasteiger partial charge in [-0.1, -0.05) is 18.2 Å². The van der Waals surface area contributed by atoms with Crippen molar-refractivity contribution in [3.63, 3.8) is 0 Å². The van der Waals surface area contributed by atoms with Crippen molar-refractivity contribution in [2.45, 2.75) is 0 Å². The van der Waals surface area contributed by atoms with E-state index in [1.165, 1.54) is 0 Å². The standard InChI is InChI=1S/C20H17NO6/c22-19(21-15-5-6-17-18(10-15)25-8-7-24-17)12-27-20(23)14-9-13-3-1-2-4-16(13)26-11-14/h1-6,9-10H,7-8,11-12H2,(H,21,22). The molecule has 7 heteroatoms. The Balaban J connectivity index is 1.33. The van der Waals surface area contributed by atoms with Crippen molar-refractivity contribution >= 4 is 23.6 Å². The fourth-order valence-corrected chi connectivity index (χ4v) is 2.78. The second kappa shape index (κ2) is 7.41. The zero-order valence-electron chi connectivity index (χ0n) is 14.4. The fraction of sp³-hybridized carbons (Fsp3) is 0.200. The lowest BCUT2D eigenvalue weighted by Gasteiger charge is -2.19. The summed E-state index contributed by atoms with van der Waals surface area (Å²) in [5.41, 5.74) is 1.70. The number of hydrogen-bond donors (Lipinski definition) is 1. The third-order valence-electron chi connectivity index (χ3n) is 4.05. The molecule has 0 spiro atoms. The summed E-state index contributed by atoms with van der Waals surface area (Å²) < 4.78 is 21.5. The molecule has 0 saturated heterocycles. The molecule has 0 fully saturated rings. The number of nitrogens with one attached hydrogen (secondary N) is 1. The molecule has 0 saturated carbocycles. The van der Waals surface area contributed by atoms with Crippen LogP contribution >= 0.6 is 0 Å². The molecule has 7 nitrogen and oxygen atoms in total. The van der Waals surface area contributed by atoms with E-state index in [4.69, 9.17) is 18.9 Å². The van der Waals surface area contributed by atoms with Crippen LogP contribution in [0.15, 0.2) is 48.0 Å². The molecule has 2 heterocycles. The lowest BCUT2D eigenvalue weighted by Crippen LogP contribution is -2.24. The van der Waals surface area contributed by atoms with Crippen LogP contribution < -0.4 is 19.5 Å². The Kier molecular flexibility index (Phi) is 4.65. The molecular formula is C20H17NO6. The maximum atomic E-state index is 12.2. The smallest absolute Gasteiger partial charge is 0.338 e. The number of esters is 1. The number of benzene rings is 2. The topological polar surface area (TPSA) is 83.1 Å². The number of fused-ring (bicyclic) bond motifs is 2. The van der Waals surface area contributed by atoms with Crippen LogP contribution in [0, 0.1) is 0 Å². The second-order valence-electron chi connectivity index (χ2n) is 5.98. The van der Waals surface area contributed by atoms with E-state index in [-0.39, 0.29) is 6.61 Å². The van der Waals surface area contributed by atoms with Crippen molar-refractivity contribution < 1.29 is 28.5 Å². The van der Waals surface area contributed by atoms with Gasteiger partial charge in [0, 0.05) is 17.3 Å². The normalized spacial score (nSPS) is 14.3. The van der Waals surface area contributed by atoms with E-state index < -0.39 is 18.5 Å². The van der Waals surface area contributed by atoms with Gasteiger partial charge in [-0.25, -0.2) is 4.79 Å². The Hall–Kier alpha value is -3.48. The van der Waals surface area contributed by atoms with Crippen molar-refractivity contribution in [1.82, 2.24) is 0 Å². The number of amides is 1. The van der Waals surface area contributed by atoms with Gasteiger partial charge in [-0.3, -0.25) is 4.79 Å². The van der Waals surface area contributed by atoms with Gasteiger partial charge >= 0.3 is 5.97 Å². The van der Waals surface area contributed by atoms with Crippen LogP contribution in [0.5, 0.6) is 17.2 Å². The molecule has 2 aliphatic heterocycles. The largest absolute Gasteiger partial charge is 0.488 e. The molecule has 2 aliphatic rings. The molecule has 27 heavy (non-hydrogen) atoms. The average Bonchev–Trinajstić information content (AvgIpc) is 2.71. The van der Waals surface area contributed by atoms with Crippen LogP contribution in [0.4, 0.5) is 5.69 Å². The zero-order chi connectivity index (χ0) is 18.6. The summed E-state index contributed by atoms with van der Waals surface area (Å²) in [4.78, 5) is 24.2. The number of hydrogen-bond acceptors (Lipinski definition) is 6. The van der Waals surface area contributed by atoms with Gasteiger partial charge in [0.15, 0.2) is 18.1 Å². The molecule has 0 unspecified atom stereocenters. The van der Waals surface area contributed by atoms with Crippen molar-refractivity contribution in [2.75, 3.05) is 31.7 Å². The first kappa shape index (κ1) is 17.0. The number of carbonyl (C=O) groups excluding carboxylic acids is 2. The summed E-state index contributed by atoms with van der Waals surface area (Å²) in [5, 5.41) is 2.66. The van der Waals surface area contributed by atoms with E-state index in [0.717, 1.165) is 5.56 Å². The first-order chi connectivity index (χ1) is 13.2. The van der Waals surface area contributed by atoms with Crippen LogP contribution in [0.2, 0.25) is 0 Å². The zero-order valence-corrected chi connectivity index (χ0v) is 14.4. The number of ether oxygens (including phenoxy) is 4. The quantitative estimate of drug-likeness (QED) is 0.836. The molecule has 0 bridgehead atoms. The molecule has 0 atom stereocenters. The predicted octanol–water partition coefficient (Wildman–Crippen LogP) is 2.42. The van der Waals surface area contributed by atoms with Gasteiger partial charge in [-0.05, 0) is 24.3 Å². The van der Waals surface area contributed by atoms with Crippen molar-refractivity contribution in [2.24, 2.45) is 0 Å². The molecular weight excluding hydrogens is 350 g/mol. The number of para-hydroxylation sites is 1. The SMILES string of the molecule is O=C(COC(=O)C1=Cc2ccccc2OC1)Nc1ccc2c(c1)OCCO2. The number of anilines is 1. The highest BCUT2D eigenvalue weighted by Crippen LogP contribution is 2.32. The highest BCUT2D eigenvalue weighted by atomic mass is 16.6. The molecule has 0 aliphatic carbocycles. The molecule has 1 amide bonds. The highest BCUT2D eigenvalue weighted by Gasteiger charge is 2.19. The Bertz CT molecular complexity index is 920. The van der Waals surface area contributed by atoms with Crippen LogP contribution in [-0.4, -0.2) is 38.3 Å². The minimum atomic E-state index is -0.582. The van der Waals surface area contributed by atoms with Gasteiger partial charge in [0.25, 0.3) is 5.91 Å². The molecule has 4 rings (SSSR count). The molecule has 0 aromatic heterocycles. The van der Waals surface area contributed by atoms with Crippen molar-refractivity contribution in [3.8, 4) is 17.2 Å². The van der Waals surface area contributed by atoms with Gasteiger partial charge in [0.05, 0.1) is 5.57 Å². The van der Waals surface area contributed by atoms with Gasteiger partial charge in [-0.2, -0.15) is 0 Å². The van der Waals surface area contributed by atoms with Gasteiger partial charge < -0.3 is 24.3 Å². The molecule has 2 aromatic carbocycles. The summed E-state index contributed by atoms with van der Waals surface area (Å²) in [6.07, 6.45) is 1.71. The average molecular weight is 367 g/mol. The van der Waals surface area contributed by atoms with Crippen molar-refractivity contribution in [1.29, 1.82) is 0 Å². The minimum absolute atomic E-state index is 0.111. The molecule has 138 valence electrons. The fourth-order valence-electron chi connectivity index (χ4n) is 2.78. The Morgan fingerprint density at radius 1 is 0.963 bits per heavy atom. The summed E-state index contributed by atoms with van der Waals surface area (Å²) in [7, 11) is 0. The third-order valence-corrected chi connectivity index (χ3v) is 4.05. The summed E-state index contributed by atoms with van der Waals surface area (Å²) in [6, 6.07) is 12.5. The van der Waals surface area contributed by atoms with Crippen LogP contribution in [0.3, 0.4) is 0 Å². The van der Waals surface area contributed by atoms with E-state index in [0.29, 0.717) is 41.7 Å². The lowest BCUT2D eigenvalue weighted by atomic mass is 10.1. The summed E-state index contributed by atoms with van der Waals surface area (Å²) in [5.74, 6) is 0.888. The van der Waals surface area contributed by atoms with E-state index in [1.807, 2.05) is 24.3 Å². The minimum Gasteiger partial charge on any atom is -0.488 e. The molecule has 2 aromatic rings. The van der Waals surface area contributed by atoms with Crippen LogP contribution in [0.1, 0.15) is 5.56 Å². The summed E-state index contributed by atoms with van der Waals surface area (Å²) >= 11 is 0. The van der Waals surface area contributed by atoms with Crippen LogP contribution in [-0.2, 0) is 14.3 Å². The van der Waals surface area contributed by atoms with Crippen molar-refractivity contribution in [3.05, 3.63) is 53.6 Å². The van der Waals surface area contributed by atoms with E-state index in [9.17, 15) is 9.59 Å². The third kappa shape index (κ3) is 3.87. The Morgan fingerprint density at radius 3 is 2.67 bits per heavy atom. The molecule has 1 N–H and O–H groups in total. The number of rotatable bonds is 4. The maximum Gasteiger partial charge on any atom is 0.338 e. The lowest BCUT2D eigenvalue weighted by molar-refractivity contribution is -0.143.